The standard InChI is InChI=1S/C17H22Cl2N4O3/c1-22(9-14(24)21-16-12(18)5-2-6-13(16)19)15(25)10-23-7-3-4-11(8-23)17(20)26/h2,5-6,11H,3-4,7-10H2,1H3,(H2,20,26)(H,21,24)/p+1/t11-/m0/s1. The van der Waals surface area contributed by atoms with Crippen molar-refractivity contribution in [2.75, 3.05) is 38.5 Å². The summed E-state index contributed by atoms with van der Waals surface area (Å²) in [7, 11) is 1.56. The van der Waals surface area contributed by atoms with Gasteiger partial charge in [0.05, 0.1) is 41.3 Å². The zero-order chi connectivity index (χ0) is 19.3. The van der Waals surface area contributed by atoms with Crippen molar-refractivity contribution in [2.45, 2.75) is 12.8 Å². The van der Waals surface area contributed by atoms with Gasteiger partial charge in [0.25, 0.3) is 5.91 Å². The van der Waals surface area contributed by atoms with E-state index in [0.717, 1.165) is 24.3 Å². The molecule has 9 heteroatoms. The van der Waals surface area contributed by atoms with Crippen LogP contribution >= 0.6 is 23.2 Å². The number of quaternary nitrogens is 1. The first-order valence-corrected chi connectivity index (χ1v) is 9.14. The number of nitrogens with one attached hydrogen (secondary N) is 2. The van der Waals surface area contributed by atoms with Crippen LogP contribution in [0.3, 0.4) is 0 Å². The topological polar surface area (TPSA) is 96.9 Å². The number of nitrogens with two attached hydrogens (primary N) is 1. The number of halogens is 2. The van der Waals surface area contributed by atoms with E-state index >= 15 is 0 Å². The molecule has 3 amide bonds. The minimum absolute atomic E-state index is 0.118. The Morgan fingerprint density at radius 1 is 1.31 bits per heavy atom. The molecule has 1 heterocycles. The zero-order valence-corrected chi connectivity index (χ0v) is 16.1. The molecule has 1 aliphatic rings. The number of carbonyl (C=O) groups excluding carboxylic acids is 3. The summed E-state index contributed by atoms with van der Waals surface area (Å²) >= 11 is 12.0. The third kappa shape index (κ3) is 5.59. The van der Waals surface area contributed by atoms with E-state index in [1.165, 1.54) is 4.90 Å². The minimum Gasteiger partial charge on any atom is -0.369 e. The Kier molecular flexibility index (Phi) is 7.25. The van der Waals surface area contributed by atoms with Crippen molar-refractivity contribution in [1.29, 1.82) is 0 Å². The second-order valence-corrected chi connectivity index (χ2v) is 7.33. The first-order valence-electron chi connectivity index (χ1n) is 8.38. The highest BCUT2D eigenvalue weighted by molar-refractivity contribution is 6.39. The number of anilines is 1. The summed E-state index contributed by atoms with van der Waals surface area (Å²) in [5.41, 5.74) is 5.69. The molecular formula is C17H23Cl2N4O3+. The number of amides is 3. The second kappa shape index (κ2) is 9.21. The Bertz CT molecular complexity index is 678. The second-order valence-electron chi connectivity index (χ2n) is 6.52. The van der Waals surface area contributed by atoms with Gasteiger partial charge in [0.1, 0.15) is 0 Å². The Hall–Kier alpha value is -1.83. The number of primary amides is 1. The van der Waals surface area contributed by atoms with E-state index in [-0.39, 0.29) is 36.7 Å². The summed E-state index contributed by atoms with van der Waals surface area (Å²) in [5.74, 6) is -1.08. The summed E-state index contributed by atoms with van der Waals surface area (Å²) in [6.07, 6.45) is 1.62. The lowest BCUT2D eigenvalue weighted by Gasteiger charge is -2.29. The van der Waals surface area contributed by atoms with Crippen LogP contribution in [0.2, 0.25) is 10.0 Å². The molecule has 0 bridgehead atoms. The van der Waals surface area contributed by atoms with E-state index in [4.69, 9.17) is 28.9 Å². The number of hydrogen-bond donors (Lipinski definition) is 3. The molecule has 2 atom stereocenters. The van der Waals surface area contributed by atoms with Crippen molar-refractivity contribution < 1.29 is 19.3 Å². The molecule has 1 aliphatic heterocycles. The third-order valence-electron chi connectivity index (χ3n) is 4.46. The maximum atomic E-state index is 12.4. The number of likely N-dealkylation sites (tertiary alicyclic amines) is 1. The average Bonchev–Trinajstić information content (AvgIpc) is 2.58. The molecule has 26 heavy (non-hydrogen) atoms. The van der Waals surface area contributed by atoms with Gasteiger partial charge < -0.3 is 20.9 Å². The van der Waals surface area contributed by atoms with Crippen LogP contribution in [-0.4, -0.2) is 55.8 Å². The first kappa shape index (κ1) is 20.5. The monoisotopic (exact) mass is 401 g/mol. The molecule has 0 aliphatic carbocycles. The summed E-state index contributed by atoms with van der Waals surface area (Å²) in [6, 6.07) is 4.91. The Morgan fingerprint density at radius 2 is 1.96 bits per heavy atom. The predicted molar refractivity (Wildman–Crippen MR) is 100 cm³/mol. The molecular weight excluding hydrogens is 379 g/mol. The number of piperidine rings is 1. The highest BCUT2D eigenvalue weighted by Gasteiger charge is 2.29. The SMILES string of the molecule is CN(CC(=O)Nc1c(Cl)cccc1Cl)C(=O)C[NH+]1CCC[C@H](C(N)=O)C1. The van der Waals surface area contributed by atoms with Gasteiger partial charge in [-0.25, -0.2) is 0 Å². The van der Waals surface area contributed by atoms with Crippen molar-refractivity contribution in [3.8, 4) is 0 Å². The largest absolute Gasteiger partial charge is 0.369 e. The van der Waals surface area contributed by atoms with Gasteiger partial charge in [0.15, 0.2) is 6.54 Å². The molecule has 0 radical (unpaired) electrons. The molecule has 142 valence electrons. The summed E-state index contributed by atoms with van der Waals surface area (Å²) in [5, 5.41) is 3.28. The highest BCUT2D eigenvalue weighted by atomic mass is 35.5. The lowest BCUT2D eigenvalue weighted by molar-refractivity contribution is -0.899. The number of benzene rings is 1. The Balaban J connectivity index is 1.86. The molecule has 1 aromatic carbocycles. The van der Waals surface area contributed by atoms with Gasteiger partial charge in [-0.1, -0.05) is 29.3 Å². The van der Waals surface area contributed by atoms with E-state index < -0.39 is 0 Å². The summed E-state index contributed by atoms with van der Waals surface area (Å²) in [4.78, 5) is 38.2. The number of hydrogen-bond acceptors (Lipinski definition) is 3. The van der Waals surface area contributed by atoms with Gasteiger partial charge in [-0.05, 0) is 25.0 Å². The van der Waals surface area contributed by atoms with Gasteiger partial charge in [-0.15, -0.1) is 0 Å². The summed E-state index contributed by atoms with van der Waals surface area (Å²) in [6.45, 7) is 1.47. The number of nitrogens with zero attached hydrogens (tertiary/aromatic N) is 1. The van der Waals surface area contributed by atoms with Crippen LogP contribution in [0.4, 0.5) is 5.69 Å². The molecule has 2 rings (SSSR count). The molecule has 0 aromatic heterocycles. The predicted octanol–water partition coefficient (Wildman–Crippen LogP) is 0.171. The van der Waals surface area contributed by atoms with Gasteiger partial charge in [-0.2, -0.15) is 0 Å². The summed E-state index contributed by atoms with van der Waals surface area (Å²) < 4.78 is 0. The van der Waals surface area contributed by atoms with Crippen LogP contribution in [-0.2, 0) is 14.4 Å². The normalized spacial score (nSPS) is 19.7. The molecule has 1 fully saturated rings. The van der Waals surface area contributed by atoms with Crippen LogP contribution in [0.5, 0.6) is 0 Å². The zero-order valence-electron chi connectivity index (χ0n) is 14.6. The van der Waals surface area contributed by atoms with E-state index in [1.807, 2.05) is 0 Å². The lowest BCUT2D eigenvalue weighted by atomic mass is 9.97. The van der Waals surface area contributed by atoms with Crippen LogP contribution in [0, 0.1) is 5.92 Å². The smallest absolute Gasteiger partial charge is 0.277 e. The van der Waals surface area contributed by atoms with Crippen molar-refractivity contribution in [1.82, 2.24) is 4.90 Å². The van der Waals surface area contributed by atoms with Gasteiger partial charge in [0, 0.05) is 7.05 Å². The van der Waals surface area contributed by atoms with Crippen LogP contribution in [0.15, 0.2) is 18.2 Å². The number of likely N-dealkylation sites (N-methyl/N-ethyl adjacent to an activating group) is 1. The fourth-order valence-electron chi connectivity index (χ4n) is 3.00. The fourth-order valence-corrected chi connectivity index (χ4v) is 3.49. The maximum Gasteiger partial charge on any atom is 0.277 e. The van der Waals surface area contributed by atoms with E-state index in [2.05, 4.69) is 5.32 Å². The molecule has 1 aromatic rings. The lowest BCUT2D eigenvalue weighted by Crippen LogP contribution is -3.14. The Morgan fingerprint density at radius 3 is 2.58 bits per heavy atom. The fraction of sp³-hybridized carbons (Fsp3) is 0.471. The van der Waals surface area contributed by atoms with E-state index in [0.29, 0.717) is 22.3 Å². The van der Waals surface area contributed by atoms with Crippen LogP contribution < -0.4 is 16.0 Å². The molecule has 0 saturated carbocycles. The van der Waals surface area contributed by atoms with Crippen molar-refractivity contribution >= 4 is 46.6 Å². The molecule has 7 nitrogen and oxygen atoms in total. The van der Waals surface area contributed by atoms with Gasteiger partial charge in [-0.3, -0.25) is 14.4 Å². The quantitative estimate of drug-likeness (QED) is 0.633. The van der Waals surface area contributed by atoms with E-state index in [1.54, 1.807) is 25.2 Å². The number of rotatable bonds is 6. The van der Waals surface area contributed by atoms with Crippen molar-refractivity contribution in [2.24, 2.45) is 11.7 Å². The minimum atomic E-state index is -0.389. The van der Waals surface area contributed by atoms with Gasteiger partial charge in [0.2, 0.25) is 11.8 Å². The van der Waals surface area contributed by atoms with Crippen LogP contribution in [0.25, 0.3) is 0 Å². The maximum absolute atomic E-state index is 12.4. The third-order valence-corrected chi connectivity index (χ3v) is 5.09. The average molecular weight is 402 g/mol. The molecule has 4 N–H and O–H groups in total. The highest BCUT2D eigenvalue weighted by Crippen LogP contribution is 2.29. The van der Waals surface area contributed by atoms with Gasteiger partial charge >= 0.3 is 0 Å². The first-order chi connectivity index (χ1) is 12.3. The molecule has 0 spiro atoms. The van der Waals surface area contributed by atoms with Crippen molar-refractivity contribution in [3.63, 3.8) is 0 Å². The van der Waals surface area contributed by atoms with Crippen LogP contribution in [0.1, 0.15) is 12.8 Å². The Labute approximate surface area is 162 Å². The van der Waals surface area contributed by atoms with Crippen molar-refractivity contribution in [3.05, 3.63) is 28.2 Å². The number of carbonyl (C=O) groups is 3. The van der Waals surface area contributed by atoms with E-state index in [9.17, 15) is 14.4 Å². The molecule has 1 unspecified atom stereocenters. The number of para-hydroxylation sites is 1. The molecule has 1 saturated heterocycles.